The Hall–Kier alpha value is -2.57. The third-order valence-corrected chi connectivity index (χ3v) is 3.43. The maximum absolute atomic E-state index is 13.7. The average molecular weight is 290 g/mol. The lowest BCUT2D eigenvalue weighted by atomic mass is 10.2. The van der Waals surface area contributed by atoms with E-state index in [1.165, 1.54) is 12.3 Å². The number of hydrogen-bond donors (Lipinski definition) is 1. The number of urea groups is 1. The maximum Gasteiger partial charge on any atom is 0.323 e. The predicted octanol–water partition coefficient (Wildman–Crippen LogP) is 2.17. The number of amides is 2. The molecule has 2 amide bonds. The van der Waals surface area contributed by atoms with Gasteiger partial charge in [-0.3, -0.25) is 5.32 Å². The zero-order chi connectivity index (χ0) is 14.7. The smallest absolute Gasteiger partial charge is 0.323 e. The molecule has 6 nitrogen and oxygen atoms in total. The summed E-state index contributed by atoms with van der Waals surface area (Å²) < 4.78 is 18.4. The van der Waals surface area contributed by atoms with Crippen LogP contribution in [0.4, 0.5) is 20.7 Å². The molecule has 0 spiro atoms. The van der Waals surface area contributed by atoms with Crippen LogP contribution in [0.5, 0.6) is 0 Å². The Labute approximate surface area is 121 Å². The minimum Gasteiger partial charge on any atom is -0.366 e. The first-order valence-electron chi connectivity index (χ1n) is 6.70. The van der Waals surface area contributed by atoms with Crippen LogP contribution in [0.15, 0.2) is 41.1 Å². The van der Waals surface area contributed by atoms with Gasteiger partial charge in [0.25, 0.3) is 0 Å². The van der Waals surface area contributed by atoms with Crippen molar-refractivity contribution in [3.8, 4) is 0 Å². The summed E-state index contributed by atoms with van der Waals surface area (Å²) in [4.78, 5) is 15.6. The maximum atomic E-state index is 13.7. The molecule has 0 radical (unpaired) electrons. The van der Waals surface area contributed by atoms with Gasteiger partial charge < -0.3 is 14.3 Å². The van der Waals surface area contributed by atoms with E-state index >= 15 is 0 Å². The standard InChI is InChI=1S/C14H15FN4O2/c15-11-3-1-2-4-12(11)18-6-8-19(9-7-18)14(20)16-13-5-10-21-17-13/h1-5,10H,6-9H2,(H,16,17,20). The average Bonchev–Trinajstić information content (AvgIpc) is 3.01. The Bertz CT molecular complexity index is 609. The van der Waals surface area contributed by atoms with Crippen molar-refractivity contribution in [3.05, 3.63) is 42.4 Å². The van der Waals surface area contributed by atoms with E-state index in [9.17, 15) is 9.18 Å². The van der Waals surface area contributed by atoms with Gasteiger partial charge >= 0.3 is 6.03 Å². The molecule has 3 rings (SSSR count). The van der Waals surface area contributed by atoms with Crippen LogP contribution < -0.4 is 10.2 Å². The molecular weight excluding hydrogens is 275 g/mol. The first-order valence-corrected chi connectivity index (χ1v) is 6.70. The number of hydrogen-bond acceptors (Lipinski definition) is 4. The summed E-state index contributed by atoms with van der Waals surface area (Å²) in [6.07, 6.45) is 1.39. The molecule has 2 heterocycles. The van der Waals surface area contributed by atoms with Crippen molar-refractivity contribution in [2.45, 2.75) is 0 Å². The zero-order valence-corrected chi connectivity index (χ0v) is 11.3. The molecule has 21 heavy (non-hydrogen) atoms. The van der Waals surface area contributed by atoms with Gasteiger partial charge in [0.05, 0.1) is 5.69 Å². The fourth-order valence-electron chi connectivity index (χ4n) is 2.32. The summed E-state index contributed by atoms with van der Waals surface area (Å²) in [5.74, 6) is 0.148. The Morgan fingerprint density at radius 2 is 1.95 bits per heavy atom. The number of halogens is 1. The molecule has 1 fully saturated rings. The van der Waals surface area contributed by atoms with Gasteiger partial charge in [0, 0.05) is 32.2 Å². The first-order chi connectivity index (χ1) is 10.2. The Balaban J connectivity index is 1.58. The molecule has 0 atom stereocenters. The van der Waals surface area contributed by atoms with Crippen molar-refractivity contribution in [1.82, 2.24) is 10.1 Å². The summed E-state index contributed by atoms with van der Waals surface area (Å²) in [7, 11) is 0. The summed E-state index contributed by atoms with van der Waals surface area (Å²) >= 11 is 0. The second-order valence-electron chi connectivity index (χ2n) is 4.74. The third kappa shape index (κ3) is 2.96. The number of carbonyl (C=O) groups excluding carboxylic acids is 1. The molecule has 0 bridgehead atoms. The lowest BCUT2D eigenvalue weighted by molar-refractivity contribution is 0.208. The number of carbonyl (C=O) groups is 1. The fraction of sp³-hybridized carbons (Fsp3) is 0.286. The molecular formula is C14H15FN4O2. The monoisotopic (exact) mass is 290 g/mol. The van der Waals surface area contributed by atoms with Crippen LogP contribution >= 0.6 is 0 Å². The summed E-state index contributed by atoms with van der Waals surface area (Å²) in [6.45, 7) is 2.23. The van der Waals surface area contributed by atoms with Crippen LogP contribution in [0.25, 0.3) is 0 Å². The largest absolute Gasteiger partial charge is 0.366 e. The van der Waals surface area contributed by atoms with Gasteiger partial charge in [0.2, 0.25) is 0 Å². The zero-order valence-electron chi connectivity index (χ0n) is 11.3. The number of rotatable bonds is 2. The minimum absolute atomic E-state index is 0.225. The van der Waals surface area contributed by atoms with Gasteiger partial charge in [0.1, 0.15) is 12.1 Å². The van der Waals surface area contributed by atoms with E-state index in [-0.39, 0.29) is 11.8 Å². The summed E-state index contributed by atoms with van der Waals surface area (Å²) in [5, 5.41) is 6.28. The van der Waals surface area contributed by atoms with Crippen LogP contribution in [0.3, 0.4) is 0 Å². The molecule has 0 saturated carbocycles. The van der Waals surface area contributed by atoms with Gasteiger partial charge in [-0.05, 0) is 12.1 Å². The molecule has 0 unspecified atom stereocenters. The minimum atomic E-state index is -0.238. The van der Waals surface area contributed by atoms with Crippen molar-refractivity contribution in [2.75, 3.05) is 36.4 Å². The molecule has 1 aliphatic heterocycles. The highest BCUT2D eigenvalue weighted by Gasteiger charge is 2.23. The number of nitrogens with one attached hydrogen (secondary N) is 1. The quantitative estimate of drug-likeness (QED) is 0.920. The van der Waals surface area contributed by atoms with E-state index in [1.807, 2.05) is 11.0 Å². The van der Waals surface area contributed by atoms with Crippen LogP contribution in [-0.2, 0) is 0 Å². The lowest BCUT2D eigenvalue weighted by Crippen LogP contribution is -2.50. The van der Waals surface area contributed by atoms with Crippen LogP contribution in [0.1, 0.15) is 0 Å². The topological polar surface area (TPSA) is 61.6 Å². The number of benzene rings is 1. The van der Waals surface area contributed by atoms with Gasteiger partial charge in [-0.25, -0.2) is 9.18 Å². The van der Waals surface area contributed by atoms with E-state index in [1.54, 1.807) is 23.1 Å². The number of anilines is 2. The number of nitrogens with zero attached hydrogens (tertiary/aromatic N) is 3. The third-order valence-electron chi connectivity index (χ3n) is 3.43. The van der Waals surface area contributed by atoms with Crippen LogP contribution in [0, 0.1) is 5.82 Å². The van der Waals surface area contributed by atoms with Crippen molar-refractivity contribution < 1.29 is 13.7 Å². The number of piperazine rings is 1. The van der Waals surface area contributed by atoms with E-state index in [0.717, 1.165) is 0 Å². The Morgan fingerprint density at radius 3 is 2.62 bits per heavy atom. The molecule has 1 aromatic heterocycles. The summed E-state index contributed by atoms with van der Waals surface area (Å²) in [6, 6.07) is 8.02. The molecule has 1 N–H and O–H groups in total. The first kappa shape index (κ1) is 13.4. The van der Waals surface area contributed by atoms with E-state index in [4.69, 9.17) is 0 Å². The molecule has 110 valence electrons. The summed E-state index contributed by atoms with van der Waals surface area (Å²) in [5.41, 5.74) is 0.578. The van der Waals surface area contributed by atoms with E-state index in [0.29, 0.717) is 37.7 Å². The molecule has 0 aliphatic carbocycles. The van der Waals surface area contributed by atoms with Crippen molar-refractivity contribution in [3.63, 3.8) is 0 Å². The van der Waals surface area contributed by atoms with Gasteiger partial charge in [-0.1, -0.05) is 17.3 Å². The molecule has 2 aromatic rings. The highest BCUT2D eigenvalue weighted by atomic mass is 19.1. The molecule has 7 heteroatoms. The van der Waals surface area contributed by atoms with Crippen molar-refractivity contribution in [1.29, 1.82) is 0 Å². The number of para-hydroxylation sites is 1. The van der Waals surface area contributed by atoms with Crippen LogP contribution in [0.2, 0.25) is 0 Å². The second-order valence-corrected chi connectivity index (χ2v) is 4.74. The normalized spacial score (nSPS) is 15.1. The van der Waals surface area contributed by atoms with E-state index in [2.05, 4.69) is 15.0 Å². The fourth-order valence-corrected chi connectivity index (χ4v) is 2.32. The van der Waals surface area contributed by atoms with Crippen LogP contribution in [-0.4, -0.2) is 42.3 Å². The number of aromatic nitrogens is 1. The Morgan fingerprint density at radius 1 is 1.19 bits per heavy atom. The highest BCUT2D eigenvalue weighted by Crippen LogP contribution is 2.20. The SMILES string of the molecule is O=C(Nc1ccon1)N1CCN(c2ccccc2F)CC1. The second kappa shape index (κ2) is 5.82. The molecule has 1 aliphatic rings. The lowest BCUT2D eigenvalue weighted by Gasteiger charge is -2.35. The van der Waals surface area contributed by atoms with Gasteiger partial charge in [-0.2, -0.15) is 0 Å². The van der Waals surface area contributed by atoms with Crippen molar-refractivity contribution in [2.24, 2.45) is 0 Å². The Kier molecular flexibility index (Phi) is 3.72. The molecule has 1 saturated heterocycles. The van der Waals surface area contributed by atoms with Gasteiger partial charge in [-0.15, -0.1) is 0 Å². The highest BCUT2D eigenvalue weighted by molar-refractivity contribution is 5.88. The van der Waals surface area contributed by atoms with Crippen molar-refractivity contribution >= 4 is 17.5 Å². The van der Waals surface area contributed by atoms with E-state index < -0.39 is 0 Å². The predicted molar refractivity (Wildman–Crippen MR) is 75.7 cm³/mol. The molecule has 1 aromatic carbocycles. The van der Waals surface area contributed by atoms with Gasteiger partial charge in [0.15, 0.2) is 5.82 Å².